The second-order valence-electron chi connectivity index (χ2n) is 3.25. The van der Waals surface area contributed by atoms with Gasteiger partial charge in [0.1, 0.15) is 5.79 Å². The molecule has 0 unspecified atom stereocenters. The summed E-state index contributed by atoms with van der Waals surface area (Å²) in [6.45, 7) is 4.04. The van der Waals surface area contributed by atoms with Gasteiger partial charge in [0.15, 0.2) is 0 Å². The molecule has 0 aromatic heterocycles. The van der Waals surface area contributed by atoms with Crippen LogP contribution in [0.3, 0.4) is 0 Å². The molecule has 0 radical (unpaired) electrons. The number of hydrogen-bond acceptors (Lipinski definition) is 4. The van der Waals surface area contributed by atoms with Gasteiger partial charge in [0.25, 0.3) is 0 Å². The van der Waals surface area contributed by atoms with Gasteiger partial charge in [-0.05, 0) is 40.1 Å². The molecule has 0 bridgehead atoms. The Hall–Kier alpha value is -0.910. The zero-order valence-electron chi connectivity index (χ0n) is 9.81. The molecule has 0 fully saturated rings. The smallest absolute Gasteiger partial charge is 0.243 e. The summed E-state index contributed by atoms with van der Waals surface area (Å²) >= 11 is 0. The molecule has 0 saturated heterocycles. The van der Waals surface area contributed by atoms with Crippen molar-refractivity contribution in [1.82, 2.24) is 21.3 Å². The molecule has 88 valence electrons. The minimum absolute atomic E-state index is 0.126. The van der Waals surface area contributed by atoms with E-state index in [1.165, 1.54) is 6.08 Å². The molecule has 5 nitrogen and oxygen atoms in total. The van der Waals surface area contributed by atoms with Crippen LogP contribution in [0.15, 0.2) is 12.7 Å². The van der Waals surface area contributed by atoms with Crippen LogP contribution >= 0.6 is 0 Å². The molecule has 0 aliphatic carbocycles. The number of carbonyl (C=O) groups is 1. The monoisotopic (exact) mass is 214 g/mol. The van der Waals surface area contributed by atoms with Crippen LogP contribution in [0, 0.1) is 0 Å². The van der Waals surface area contributed by atoms with Gasteiger partial charge in [0, 0.05) is 6.54 Å². The Kier molecular flexibility index (Phi) is 6.94. The molecule has 4 N–H and O–H groups in total. The van der Waals surface area contributed by atoms with Crippen molar-refractivity contribution in [3.8, 4) is 0 Å². The summed E-state index contributed by atoms with van der Waals surface area (Å²) in [5, 5.41) is 12.2. The van der Waals surface area contributed by atoms with Crippen LogP contribution in [0.1, 0.15) is 12.8 Å². The summed E-state index contributed by atoms with van der Waals surface area (Å²) in [6, 6.07) is 0. The van der Waals surface area contributed by atoms with Gasteiger partial charge in [0.05, 0.1) is 0 Å². The van der Waals surface area contributed by atoms with Crippen molar-refractivity contribution in [2.75, 3.05) is 27.7 Å². The average Bonchev–Trinajstić information content (AvgIpc) is 2.30. The molecule has 0 aromatic rings. The molecule has 0 atom stereocenters. The third-order valence-corrected chi connectivity index (χ3v) is 2.49. The first-order valence-electron chi connectivity index (χ1n) is 5.11. The fourth-order valence-corrected chi connectivity index (χ4v) is 1.39. The maximum Gasteiger partial charge on any atom is 0.243 e. The fraction of sp³-hybridized carbons (Fsp3) is 0.700. The molecule has 0 aliphatic heterocycles. The van der Waals surface area contributed by atoms with Crippen molar-refractivity contribution in [1.29, 1.82) is 0 Å². The normalized spacial score (nSPS) is 11.1. The van der Waals surface area contributed by atoms with E-state index in [4.69, 9.17) is 0 Å². The van der Waals surface area contributed by atoms with E-state index in [-0.39, 0.29) is 11.7 Å². The lowest BCUT2D eigenvalue weighted by atomic mass is 10.1. The van der Waals surface area contributed by atoms with Crippen molar-refractivity contribution >= 4 is 5.91 Å². The highest BCUT2D eigenvalue weighted by Gasteiger charge is 2.22. The molecule has 0 heterocycles. The van der Waals surface area contributed by atoms with Crippen LogP contribution in [0.25, 0.3) is 0 Å². The molecule has 15 heavy (non-hydrogen) atoms. The number of carbonyl (C=O) groups excluding carboxylic acids is 1. The minimum atomic E-state index is -0.265. The molecule has 0 aliphatic rings. The Morgan fingerprint density at radius 3 is 2.20 bits per heavy atom. The third kappa shape index (κ3) is 4.92. The van der Waals surface area contributed by atoms with Crippen LogP contribution in [0.2, 0.25) is 0 Å². The quantitative estimate of drug-likeness (QED) is 0.247. The van der Waals surface area contributed by atoms with Gasteiger partial charge in [-0.2, -0.15) is 0 Å². The molecule has 0 rings (SSSR count). The van der Waals surface area contributed by atoms with E-state index in [0.29, 0.717) is 6.54 Å². The van der Waals surface area contributed by atoms with Gasteiger partial charge >= 0.3 is 0 Å². The molecule has 0 aromatic carbocycles. The largest absolute Gasteiger partial charge is 0.353 e. The van der Waals surface area contributed by atoms with E-state index >= 15 is 0 Å². The second kappa shape index (κ2) is 7.39. The van der Waals surface area contributed by atoms with E-state index in [9.17, 15) is 4.79 Å². The van der Waals surface area contributed by atoms with Crippen molar-refractivity contribution in [3.63, 3.8) is 0 Å². The first kappa shape index (κ1) is 14.1. The van der Waals surface area contributed by atoms with Crippen LogP contribution in [0.4, 0.5) is 0 Å². The van der Waals surface area contributed by atoms with Crippen molar-refractivity contribution in [2.24, 2.45) is 0 Å². The maximum absolute atomic E-state index is 10.9. The average molecular weight is 214 g/mol. The fourth-order valence-electron chi connectivity index (χ4n) is 1.39. The summed E-state index contributed by atoms with van der Waals surface area (Å²) in [5.41, 5.74) is 0. The molecular formula is C10H22N4O. The van der Waals surface area contributed by atoms with Crippen molar-refractivity contribution in [3.05, 3.63) is 12.7 Å². The van der Waals surface area contributed by atoms with Crippen LogP contribution in [-0.4, -0.2) is 39.4 Å². The number of nitrogens with one attached hydrogen (secondary N) is 4. The van der Waals surface area contributed by atoms with E-state index in [1.807, 2.05) is 21.1 Å². The Balaban J connectivity index is 3.81. The molecule has 5 heteroatoms. The topological polar surface area (TPSA) is 65.2 Å². The Labute approximate surface area is 91.7 Å². The number of hydrogen-bond donors (Lipinski definition) is 4. The van der Waals surface area contributed by atoms with E-state index in [0.717, 1.165) is 12.8 Å². The standard InChI is InChI=1S/C10H22N4O/c1-5-9(15)14-8-6-7-10(11-2,12-3)13-4/h5,11-13H,1,6-8H2,2-4H3,(H,14,15). The predicted molar refractivity (Wildman–Crippen MR) is 62.4 cm³/mol. The van der Waals surface area contributed by atoms with Crippen LogP contribution in [0.5, 0.6) is 0 Å². The van der Waals surface area contributed by atoms with Gasteiger partial charge in [0.2, 0.25) is 5.91 Å². The van der Waals surface area contributed by atoms with Gasteiger partial charge < -0.3 is 5.32 Å². The number of amides is 1. The van der Waals surface area contributed by atoms with Crippen LogP contribution in [-0.2, 0) is 4.79 Å². The zero-order valence-corrected chi connectivity index (χ0v) is 9.81. The highest BCUT2D eigenvalue weighted by atomic mass is 16.1. The minimum Gasteiger partial charge on any atom is -0.353 e. The maximum atomic E-state index is 10.9. The van der Waals surface area contributed by atoms with Gasteiger partial charge in [-0.1, -0.05) is 6.58 Å². The highest BCUT2D eigenvalue weighted by molar-refractivity contribution is 5.86. The summed E-state index contributed by atoms with van der Waals surface area (Å²) in [5.74, 6) is -0.391. The first-order valence-corrected chi connectivity index (χ1v) is 5.11. The summed E-state index contributed by atoms with van der Waals surface area (Å²) in [7, 11) is 5.65. The first-order chi connectivity index (χ1) is 7.14. The van der Waals surface area contributed by atoms with Crippen molar-refractivity contribution in [2.45, 2.75) is 18.6 Å². The lowest BCUT2D eigenvalue weighted by Crippen LogP contribution is -2.63. The highest BCUT2D eigenvalue weighted by Crippen LogP contribution is 2.02. The van der Waals surface area contributed by atoms with Gasteiger partial charge in [-0.15, -0.1) is 0 Å². The van der Waals surface area contributed by atoms with Gasteiger partial charge in [-0.3, -0.25) is 20.7 Å². The van der Waals surface area contributed by atoms with Crippen LogP contribution < -0.4 is 21.3 Å². The third-order valence-electron chi connectivity index (χ3n) is 2.49. The molecular weight excluding hydrogens is 192 g/mol. The van der Waals surface area contributed by atoms with Crippen molar-refractivity contribution < 1.29 is 4.79 Å². The van der Waals surface area contributed by atoms with E-state index < -0.39 is 0 Å². The summed E-state index contributed by atoms with van der Waals surface area (Å²) in [4.78, 5) is 10.9. The predicted octanol–water partition coefficient (Wildman–Crippen LogP) is -0.619. The van der Waals surface area contributed by atoms with Gasteiger partial charge in [-0.25, -0.2) is 0 Å². The molecule has 0 saturated carbocycles. The Bertz CT molecular complexity index is 193. The zero-order chi connectivity index (χ0) is 11.7. The second-order valence-corrected chi connectivity index (χ2v) is 3.25. The number of rotatable bonds is 8. The van der Waals surface area contributed by atoms with E-state index in [2.05, 4.69) is 27.8 Å². The summed E-state index contributed by atoms with van der Waals surface area (Å²) in [6.07, 6.45) is 3.03. The molecule has 0 spiro atoms. The lowest BCUT2D eigenvalue weighted by Gasteiger charge is -2.33. The van der Waals surface area contributed by atoms with E-state index in [1.54, 1.807) is 0 Å². The Morgan fingerprint density at radius 2 is 1.80 bits per heavy atom. The summed E-state index contributed by atoms with van der Waals surface area (Å²) < 4.78 is 0. The Morgan fingerprint density at radius 1 is 1.27 bits per heavy atom. The lowest BCUT2D eigenvalue weighted by molar-refractivity contribution is -0.116. The molecule has 1 amide bonds. The SMILES string of the molecule is C=CC(=O)NCCCC(NC)(NC)NC.